The van der Waals surface area contributed by atoms with Crippen LogP contribution in [0.15, 0.2) is 24.3 Å². The van der Waals surface area contributed by atoms with Crippen molar-refractivity contribution >= 4 is 19.3 Å². The first-order valence-electron chi connectivity index (χ1n) is 5.63. The number of rotatable bonds is 3. The maximum absolute atomic E-state index is 10.6. The fraction of sp³-hybridized carbons (Fsp3) is 0.417. The van der Waals surface area contributed by atoms with Crippen LogP contribution in [0.4, 0.5) is 10.5 Å². The van der Waals surface area contributed by atoms with Crippen LogP contribution < -0.4 is 10.2 Å². The maximum Gasteiger partial charge on any atom is 0.200 e. The highest BCUT2D eigenvalue weighted by atomic mass is 16.1. The predicted molar refractivity (Wildman–Crippen MR) is 65.9 cm³/mol. The Labute approximate surface area is 97.2 Å². The molecule has 82 valence electrons. The van der Waals surface area contributed by atoms with Crippen molar-refractivity contribution in [3.8, 4) is 0 Å². The fourth-order valence-corrected chi connectivity index (χ4v) is 2.03. The predicted octanol–water partition coefficient (Wildman–Crippen LogP) is 1.66. The van der Waals surface area contributed by atoms with Gasteiger partial charge in [0, 0.05) is 25.3 Å². The van der Waals surface area contributed by atoms with Gasteiger partial charge in [0.15, 0.2) is 5.81 Å². The van der Waals surface area contributed by atoms with E-state index in [9.17, 15) is 4.79 Å². The van der Waals surface area contributed by atoms with Gasteiger partial charge in [-0.15, -0.1) is 0 Å². The number of hydrogen-bond acceptors (Lipinski definition) is 2. The van der Waals surface area contributed by atoms with Crippen molar-refractivity contribution in [2.45, 2.75) is 19.4 Å². The zero-order valence-electron chi connectivity index (χ0n) is 9.28. The smallest absolute Gasteiger partial charge is 0.200 e. The zero-order valence-corrected chi connectivity index (χ0v) is 9.28. The van der Waals surface area contributed by atoms with Crippen molar-refractivity contribution in [2.24, 2.45) is 0 Å². The van der Waals surface area contributed by atoms with E-state index in [4.69, 9.17) is 7.85 Å². The summed E-state index contributed by atoms with van der Waals surface area (Å²) in [7, 11) is 5.04. The number of hydrogen-bond donors (Lipinski definition) is 1. The Morgan fingerprint density at radius 3 is 2.81 bits per heavy atom. The molecule has 1 aromatic rings. The van der Waals surface area contributed by atoms with Crippen molar-refractivity contribution in [3.63, 3.8) is 0 Å². The highest BCUT2D eigenvalue weighted by Gasteiger charge is 2.12. The standard InChI is InChI=1S/C12H15BN2O/c13-12(16)14-9-10-4-3-5-11(8-10)15-6-1-2-7-15/h3-5,8H,1-2,6-7,9H2,(H,14,16). The van der Waals surface area contributed by atoms with Gasteiger partial charge in [0.25, 0.3) is 0 Å². The van der Waals surface area contributed by atoms with Crippen LogP contribution in [0, 0.1) is 0 Å². The molecule has 0 saturated carbocycles. The molecule has 1 aliphatic heterocycles. The molecule has 16 heavy (non-hydrogen) atoms. The van der Waals surface area contributed by atoms with Gasteiger partial charge in [-0.2, -0.15) is 0 Å². The molecule has 1 saturated heterocycles. The first-order chi connectivity index (χ1) is 7.75. The number of amides is 1. The molecule has 0 spiro atoms. The average molecular weight is 214 g/mol. The molecular formula is C12H15BN2O. The summed E-state index contributed by atoms with van der Waals surface area (Å²) >= 11 is 0. The Morgan fingerprint density at radius 2 is 2.12 bits per heavy atom. The lowest BCUT2D eigenvalue weighted by Gasteiger charge is -2.18. The van der Waals surface area contributed by atoms with E-state index in [0.29, 0.717) is 6.54 Å². The number of anilines is 1. The van der Waals surface area contributed by atoms with Crippen LogP contribution in [0.1, 0.15) is 18.4 Å². The number of carbonyl (C=O) groups is 1. The quantitative estimate of drug-likeness (QED) is 0.776. The minimum absolute atomic E-state index is 0.480. The minimum atomic E-state index is -0.480. The third kappa shape index (κ3) is 2.78. The normalized spacial score (nSPS) is 15.1. The summed E-state index contributed by atoms with van der Waals surface area (Å²) in [5, 5.41) is 2.60. The largest absolute Gasteiger partial charge is 0.372 e. The average Bonchev–Trinajstić information content (AvgIpc) is 2.80. The van der Waals surface area contributed by atoms with Gasteiger partial charge in [-0.1, -0.05) is 12.1 Å². The molecule has 0 atom stereocenters. The van der Waals surface area contributed by atoms with Crippen LogP contribution >= 0.6 is 0 Å². The van der Waals surface area contributed by atoms with E-state index in [-0.39, 0.29) is 0 Å². The summed E-state index contributed by atoms with van der Waals surface area (Å²) in [4.78, 5) is 13.0. The minimum Gasteiger partial charge on any atom is -0.372 e. The van der Waals surface area contributed by atoms with Crippen LogP contribution in [0.2, 0.25) is 0 Å². The van der Waals surface area contributed by atoms with Crippen molar-refractivity contribution in [1.82, 2.24) is 5.32 Å². The highest BCUT2D eigenvalue weighted by Crippen LogP contribution is 2.20. The van der Waals surface area contributed by atoms with Gasteiger partial charge in [0.1, 0.15) is 0 Å². The van der Waals surface area contributed by atoms with Gasteiger partial charge in [-0.25, -0.2) is 0 Å². The van der Waals surface area contributed by atoms with Gasteiger partial charge in [-0.05, 0) is 30.5 Å². The second kappa shape index (κ2) is 5.06. The Bertz CT molecular complexity index is 375. The number of benzene rings is 1. The lowest BCUT2D eigenvalue weighted by molar-refractivity contribution is 0.259. The molecule has 0 bridgehead atoms. The Morgan fingerprint density at radius 1 is 1.38 bits per heavy atom. The second-order valence-corrected chi connectivity index (χ2v) is 4.08. The summed E-state index contributed by atoms with van der Waals surface area (Å²) in [6.07, 6.45) is 2.54. The first-order valence-corrected chi connectivity index (χ1v) is 5.63. The van der Waals surface area contributed by atoms with Gasteiger partial charge in [0.2, 0.25) is 7.85 Å². The van der Waals surface area contributed by atoms with Crippen LogP contribution in [0.25, 0.3) is 0 Å². The lowest BCUT2D eigenvalue weighted by atomic mass is 10.1. The molecule has 1 heterocycles. The van der Waals surface area contributed by atoms with Crippen LogP contribution in [-0.2, 0) is 6.54 Å². The Hall–Kier alpha value is -1.45. The molecule has 0 aliphatic carbocycles. The molecule has 1 fully saturated rings. The lowest BCUT2D eigenvalue weighted by Crippen LogP contribution is -2.21. The zero-order chi connectivity index (χ0) is 11.4. The van der Waals surface area contributed by atoms with E-state index < -0.39 is 5.81 Å². The molecule has 2 rings (SSSR count). The summed E-state index contributed by atoms with van der Waals surface area (Å²) in [5.41, 5.74) is 2.32. The Kier molecular flexibility index (Phi) is 3.49. The molecule has 1 aliphatic rings. The van der Waals surface area contributed by atoms with Crippen LogP contribution in [0.3, 0.4) is 0 Å². The molecule has 0 unspecified atom stereocenters. The second-order valence-electron chi connectivity index (χ2n) is 4.08. The Balaban J connectivity index is 2.03. The van der Waals surface area contributed by atoms with Gasteiger partial charge in [-0.3, -0.25) is 4.79 Å². The van der Waals surface area contributed by atoms with E-state index in [1.54, 1.807) is 0 Å². The molecule has 1 amide bonds. The van der Waals surface area contributed by atoms with E-state index in [1.165, 1.54) is 18.5 Å². The van der Waals surface area contributed by atoms with Crippen LogP contribution in [0.5, 0.6) is 0 Å². The van der Waals surface area contributed by atoms with E-state index in [1.807, 2.05) is 12.1 Å². The van der Waals surface area contributed by atoms with Crippen molar-refractivity contribution in [3.05, 3.63) is 29.8 Å². The molecule has 1 aromatic carbocycles. The maximum atomic E-state index is 10.6. The first kappa shape index (κ1) is 11.1. The van der Waals surface area contributed by atoms with Crippen LogP contribution in [-0.4, -0.2) is 26.7 Å². The number of carbonyl (C=O) groups excluding carboxylic acids is 1. The third-order valence-electron chi connectivity index (χ3n) is 2.85. The van der Waals surface area contributed by atoms with E-state index >= 15 is 0 Å². The monoisotopic (exact) mass is 214 g/mol. The summed E-state index contributed by atoms with van der Waals surface area (Å²) in [5.74, 6) is -0.480. The molecule has 0 aromatic heterocycles. The number of nitrogens with zero attached hydrogens (tertiary/aromatic N) is 1. The fourth-order valence-electron chi connectivity index (χ4n) is 2.03. The van der Waals surface area contributed by atoms with E-state index in [0.717, 1.165) is 18.7 Å². The molecular weight excluding hydrogens is 199 g/mol. The van der Waals surface area contributed by atoms with Crippen molar-refractivity contribution in [2.75, 3.05) is 18.0 Å². The SMILES string of the molecule is [B]C(=O)NCc1cccc(N2CCCC2)c1. The van der Waals surface area contributed by atoms with Gasteiger partial charge >= 0.3 is 0 Å². The molecule has 3 nitrogen and oxygen atoms in total. The summed E-state index contributed by atoms with van der Waals surface area (Å²) < 4.78 is 0. The summed E-state index contributed by atoms with van der Waals surface area (Å²) in [6, 6.07) is 8.24. The molecule has 2 radical (unpaired) electrons. The molecule has 1 N–H and O–H groups in total. The van der Waals surface area contributed by atoms with Crippen molar-refractivity contribution in [1.29, 1.82) is 0 Å². The topological polar surface area (TPSA) is 32.3 Å². The molecule has 4 heteroatoms. The number of nitrogens with one attached hydrogen (secondary N) is 1. The van der Waals surface area contributed by atoms with Gasteiger partial charge in [0.05, 0.1) is 0 Å². The highest BCUT2D eigenvalue weighted by molar-refractivity contribution is 6.57. The van der Waals surface area contributed by atoms with Gasteiger partial charge < -0.3 is 10.2 Å². The van der Waals surface area contributed by atoms with E-state index in [2.05, 4.69) is 22.3 Å². The van der Waals surface area contributed by atoms with Crippen molar-refractivity contribution < 1.29 is 4.79 Å². The summed E-state index contributed by atoms with van der Waals surface area (Å²) in [6.45, 7) is 2.76. The third-order valence-corrected chi connectivity index (χ3v) is 2.85.